The van der Waals surface area contributed by atoms with Crippen molar-refractivity contribution in [3.05, 3.63) is 0 Å². The summed E-state index contributed by atoms with van der Waals surface area (Å²) in [5.41, 5.74) is 6.05. The van der Waals surface area contributed by atoms with Gasteiger partial charge in [0.25, 0.3) is 0 Å². The van der Waals surface area contributed by atoms with Gasteiger partial charge in [-0.15, -0.1) is 0 Å². The Morgan fingerprint density at radius 2 is 1.59 bits per heavy atom. The van der Waals surface area contributed by atoms with Crippen molar-refractivity contribution in [3.63, 3.8) is 0 Å². The highest BCUT2D eigenvalue weighted by atomic mass is 15.2. The molecular weight excluding hydrogens is 208 g/mol. The minimum Gasteiger partial charge on any atom is -0.329 e. The molecular formula is C15H32N2. The van der Waals surface area contributed by atoms with Gasteiger partial charge in [0.1, 0.15) is 0 Å². The molecule has 1 aliphatic rings. The summed E-state index contributed by atoms with van der Waals surface area (Å²) in [4.78, 5) is 2.54. The number of hydrogen-bond donors (Lipinski definition) is 1. The zero-order valence-electron chi connectivity index (χ0n) is 12.3. The van der Waals surface area contributed by atoms with E-state index in [4.69, 9.17) is 5.73 Å². The second kappa shape index (κ2) is 7.38. The Morgan fingerprint density at radius 3 is 2.00 bits per heavy atom. The summed E-state index contributed by atoms with van der Waals surface area (Å²) in [6.07, 6.45) is 8.44. The molecule has 0 radical (unpaired) electrons. The molecule has 2 atom stereocenters. The average molecular weight is 240 g/mol. The summed E-state index contributed by atoms with van der Waals surface area (Å²) in [5, 5.41) is 0. The van der Waals surface area contributed by atoms with Gasteiger partial charge >= 0.3 is 0 Å². The Balaban J connectivity index is 2.61. The van der Waals surface area contributed by atoms with Gasteiger partial charge in [0.05, 0.1) is 0 Å². The third-order valence-electron chi connectivity index (χ3n) is 4.82. The summed E-state index contributed by atoms with van der Waals surface area (Å²) < 4.78 is 0. The Hall–Kier alpha value is -0.0800. The van der Waals surface area contributed by atoms with Crippen molar-refractivity contribution >= 4 is 0 Å². The van der Waals surface area contributed by atoms with Gasteiger partial charge in [0, 0.05) is 18.6 Å². The van der Waals surface area contributed by atoms with Crippen molar-refractivity contribution in [1.82, 2.24) is 4.90 Å². The molecule has 0 amide bonds. The van der Waals surface area contributed by atoms with Crippen LogP contribution in [0.2, 0.25) is 0 Å². The molecule has 0 heterocycles. The molecule has 1 fully saturated rings. The summed E-state index contributed by atoms with van der Waals surface area (Å²) in [6, 6.07) is 1.22. The molecule has 0 spiro atoms. The number of likely N-dealkylation sites (N-methyl/N-ethyl adjacent to an activating group) is 1. The molecule has 1 rings (SSSR count). The fraction of sp³-hybridized carbons (Fsp3) is 1.00. The summed E-state index contributed by atoms with van der Waals surface area (Å²) in [6.45, 7) is 7.77. The molecule has 0 aliphatic heterocycles. The Morgan fingerprint density at radius 1 is 1.06 bits per heavy atom. The maximum Gasteiger partial charge on any atom is 0.0246 e. The van der Waals surface area contributed by atoms with Crippen LogP contribution < -0.4 is 5.73 Å². The van der Waals surface area contributed by atoms with Gasteiger partial charge in [-0.1, -0.05) is 39.5 Å². The molecule has 1 aliphatic carbocycles. The van der Waals surface area contributed by atoms with Crippen LogP contribution in [0.1, 0.15) is 59.3 Å². The van der Waals surface area contributed by atoms with Crippen LogP contribution in [-0.4, -0.2) is 30.6 Å². The molecule has 0 aromatic heterocycles. The predicted molar refractivity (Wildman–Crippen MR) is 76.1 cm³/mol. The van der Waals surface area contributed by atoms with E-state index in [0.29, 0.717) is 18.0 Å². The van der Waals surface area contributed by atoms with E-state index in [1.807, 2.05) is 0 Å². The Kier molecular flexibility index (Phi) is 6.50. The summed E-state index contributed by atoms with van der Waals surface area (Å²) >= 11 is 0. The largest absolute Gasteiger partial charge is 0.329 e. The minimum absolute atomic E-state index is 0.588. The lowest BCUT2D eigenvalue weighted by Crippen LogP contribution is -2.49. The highest BCUT2D eigenvalue weighted by Gasteiger charge is 2.28. The van der Waals surface area contributed by atoms with Crippen LogP contribution in [0.5, 0.6) is 0 Å². The lowest BCUT2D eigenvalue weighted by atomic mass is 9.89. The standard InChI is InChI=1S/C15H32N2/c1-12(2)13(3)17(4)15(11-16)14-9-7-5-6-8-10-14/h12-15H,5-11,16H2,1-4H3. The van der Waals surface area contributed by atoms with Gasteiger partial charge in [-0.2, -0.15) is 0 Å². The molecule has 2 N–H and O–H groups in total. The lowest BCUT2D eigenvalue weighted by Gasteiger charge is -2.39. The first-order valence-electron chi connectivity index (χ1n) is 7.50. The lowest BCUT2D eigenvalue weighted by molar-refractivity contribution is 0.102. The van der Waals surface area contributed by atoms with Crippen LogP contribution in [0.3, 0.4) is 0 Å². The SMILES string of the molecule is CC(C)C(C)N(C)C(CN)C1CCCCCC1. The third-order valence-corrected chi connectivity index (χ3v) is 4.82. The van der Waals surface area contributed by atoms with Gasteiger partial charge in [-0.3, -0.25) is 4.90 Å². The average Bonchev–Trinajstić information content (AvgIpc) is 2.57. The second-order valence-electron chi connectivity index (χ2n) is 6.20. The van der Waals surface area contributed by atoms with Crippen LogP contribution in [0.15, 0.2) is 0 Å². The molecule has 1 saturated carbocycles. The van der Waals surface area contributed by atoms with Crippen LogP contribution in [0, 0.1) is 11.8 Å². The Labute approximate surface area is 108 Å². The molecule has 0 aromatic carbocycles. The molecule has 0 saturated heterocycles. The third kappa shape index (κ3) is 4.26. The van der Waals surface area contributed by atoms with Crippen molar-refractivity contribution < 1.29 is 0 Å². The van der Waals surface area contributed by atoms with Gasteiger partial charge in [-0.05, 0) is 38.6 Å². The van der Waals surface area contributed by atoms with E-state index >= 15 is 0 Å². The highest BCUT2D eigenvalue weighted by molar-refractivity contribution is 4.83. The van der Waals surface area contributed by atoms with E-state index in [1.54, 1.807) is 0 Å². The van der Waals surface area contributed by atoms with Gasteiger partial charge in [-0.25, -0.2) is 0 Å². The maximum absolute atomic E-state index is 6.05. The molecule has 2 nitrogen and oxygen atoms in total. The zero-order chi connectivity index (χ0) is 12.8. The fourth-order valence-corrected chi connectivity index (χ4v) is 3.16. The minimum atomic E-state index is 0.588. The van der Waals surface area contributed by atoms with E-state index in [1.165, 1.54) is 38.5 Å². The first-order valence-corrected chi connectivity index (χ1v) is 7.50. The smallest absolute Gasteiger partial charge is 0.0246 e. The van der Waals surface area contributed by atoms with Crippen molar-refractivity contribution in [2.75, 3.05) is 13.6 Å². The van der Waals surface area contributed by atoms with Crippen LogP contribution >= 0.6 is 0 Å². The van der Waals surface area contributed by atoms with Crippen molar-refractivity contribution in [3.8, 4) is 0 Å². The number of rotatable bonds is 5. The number of nitrogens with zero attached hydrogens (tertiary/aromatic N) is 1. The van der Waals surface area contributed by atoms with Crippen molar-refractivity contribution in [2.45, 2.75) is 71.4 Å². The summed E-state index contributed by atoms with van der Waals surface area (Å²) in [5.74, 6) is 1.54. The summed E-state index contributed by atoms with van der Waals surface area (Å²) in [7, 11) is 2.27. The molecule has 0 bridgehead atoms. The van der Waals surface area contributed by atoms with Crippen molar-refractivity contribution in [1.29, 1.82) is 0 Å². The van der Waals surface area contributed by atoms with E-state index in [9.17, 15) is 0 Å². The normalized spacial score (nSPS) is 22.8. The second-order valence-corrected chi connectivity index (χ2v) is 6.20. The molecule has 102 valence electrons. The van der Waals surface area contributed by atoms with Crippen LogP contribution in [0.4, 0.5) is 0 Å². The van der Waals surface area contributed by atoms with Gasteiger partial charge < -0.3 is 5.73 Å². The highest BCUT2D eigenvalue weighted by Crippen LogP contribution is 2.28. The maximum atomic E-state index is 6.05. The molecule has 2 heteroatoms. The van der Waals surface area contributed by atoms with Crippen LogP contribution in [0.25, 0.3) is 0 Å². The fourth-order valence-electron chi connectivity index (χ4n) is 3.16. The number of nitrogens with two attached hydrogens (primary N) is 1. The van der Waals surface area contributed by atoms with E-state index < -0.39 is 0 Å². The quantitative estimate of drug-likeness (QED) is 0.747. The van der Waals surface area contributed by atoms with Gasteiger partial charge in [0.2, 0.25) is 0 Å². The van der Waals surface area contributed by atoms with E-state index in [0.717, 1.165) is 12.5 Å². The number of hydrogen-bond acceptors (Lipinski definition) is 2. The topological polar surface area (TPSA) is 29.3 Å². The zero-order valence-corrected chi connectivity index (χ0v) is 12.3. The van der Waals surface area contributed by atoms with Crippen LogP contribution in [-0.2, 0) is 0 Å². The van der Waals surface area contributed by atoms with Gasteiger partial charge in [0.15, 0.2) is 0 Å². The Bertz CT molecular complexity index is 193. The molecule has 17 heavy (non-hydrogen) atoms. The molecule has 2 unspecified atom stereocenters. The van der Waals surface area contributed by atoms with E-state index in [-0.39, 0.29) is 0 Å². The van der Waals surface area contributed by atoms with E-state index in [2.05, 4.69) is 32.7 Å². The molecule has 0 aromatic rings. The first kappa shape index (κ1) is 15.0. The first-order chi connectivity index (χ1) is 8.07. The van der Waals surface area contributed by atoms with Crippen molar-refractivity contribution in [2.24, 2.45) is 17.6 Å². The predicted octanol–water partition coefficient (Wildman–Crippen LogP) is 3.26. The monoisotopic (exact) mass is 240 g/mol.